The predicted molar refractivity (Wildman–Crippen MR) is 88.5 cm³/mol. The standard InChI is InChI=1S/C19H25NO/c1-14-13-20(3)15(2)11-19(14,21)12-17-9-6-8-16-7-4-5-10-18(16)17/h4-10,14-15,21H,11-13H2,1-3H3/t14-,15-,19+/m1/s1. The molecule has 0 unspecified atom stereocenters. The van der Waals surface area contributed by atoms with Gasteiger partial charge in [0.25, 0.3) is 0 Å². The van der Waals surface area contributed by atoms with E-state index in [0.29, 0.717) is 6.04 Å². The van der Waals surface area contributed by atoms with Crippen molar-refractivity contribution in [2.24, 2.45) is 5.92 Å². The summed E-state index contributed by atoms with van der Waals surface area (Å²) in [5, 5.41) is 13.7. The lowest BCUT2D eigenvalue weighted by Crippen LogP contribution is -2.54. The monoisotopic (exact) mass is 283 g/mol. The number of rotatable bonds is 2. The molecular formula is C19H25NO. The number of nitrogens with zero attached hydrogens (tertiary/aromatic N) is 1. The summed E-state index contributed by atoms with van der Waals surface area (Å²) >= 11 is 0. The molecule has 1 fully saturated rings. The van der Waals surface area contributed by atoms with Gasteiger partial charge in [-0.15, -0.1) is 0 Å². The molecule has 2 nitrogen and oxygen atoms in total. The van der Waals surface area contributed by atoms with E-state index in [1.165, 1.54) is 16.3 Å². The van der Waals surface area contributed by atoms with Crippen molar-refractivity contribution in [3.63, 3.8) is 0 Å². The second-order valence-electron chi connectivity index (χ2n) is 6.81. The highest BCUT2D eigenvalue weighted by Crippen LogP contribution is 2.35. The van der Waals surface area contributed by atoms with Crippen LogP contribution in [0.25, 0.3) is 10.8 Å². The van der Waals surface area contributed by atoms with E-state index in [4.69, 9.17) is 0 Å². The minimum absolute atomic E-state index is 0.290. The maximum atomic E-state index is 11.2. The van der Waals surface area contributed by atoms with Crippen molar-refractivity contribution < 1.29 is 5.11 Å². The Kier molecular flexibility index (Phi) is 3.76. The van der Waals surface area contributed by atoms with Crippen LogP contribution in [0.2, 0.25) is 0 Å². The second kappa shape index (κ2) is 5.43. The van der Waals surface area contributed by atoms with Crippen LogP contribution in [0.4, 0.5) is 0 Å². The van der Waals surface area contributed by atoms with Gasteiger partial charge in [0.15, 0.2) is 0 Å². The number of hydrogen-bond acceptors (Lipinski definition) is 2. The quantitative estimate of drug-likeness (QED) is 0.912. The summed E-state index contributed by atoms with van der Waals surface area (Å²) < 4.78 is 0. The van der Waals surface area contributed by atoms with Gasteiger partial charge >= 0.3 is 0 Å². The van der Waals surface area contributed by atoms with Gasteiger partial charge in [-0.05, 0) is 42.6 Å². The average molecular weight is 283 g/mol. The van der Waals surface area contributed by atoms with E-state index in [9.17, 15) is 5.11 Å². The van der Waals surface area contributed by atoms with Gasteiger partial charge in [0, 0.05) is 19.0 Å². The van der Waals surface area contributed by atoms with Crippen LogP contribution >= 0.6 is 0 Å². The Balaban J connectivity index is 1.94. The van der Waals surface area contributed by atoms with Crippen molar-refractivity contribution in [2.45, 2.75) is 38.3 Å². The Morgan fingerprint density at radius 2 is 1.86 bits per heavy atom. The van der Waals surface area contributed by atoms with Crippen LogP contribution in [0, 0.1) is 5.92 Å². The highest BCUT2D eigenvalue weighted by atomic mass is 16.3. The van der Waals surface area contributed by atoms with Crippen LogP contribution in [-0.2, 0) is 6.42 Å². The molecule has 0 spiro atoms. The lowest BCUT2D eigenvalue weighted by Gasteiger charge is -2.46. The largest absolute Gasteiger partial charge is 0.389 e. The Hall–Kier alpha value is -1.38. The fourth-order valence-corrected chi connectivity index (χ4v) is 3.67. The summed E-state index contributed by atoms with van der Waals surface area (Å²) in [6.45, 7) is 5.34. The number of aliphatic hydroxyl groups is 1. The van der Waals surface area contributed by atoms with Gasteiger partial charge in [-0.2, -0.15) is 0 Å². The number of likely N-dealkylation sites (tertiary alicyclic amines) is 1. The van der Waals surface area contributed by atoms with Crippen molar-refractivity contribution in [2.75, 3.05) is 13.6 Å². The number of benzene rings is 2. The van der Waals surface area contributed by atoms with Crippen molar-refractivity contribution in [3.05, 3.63) is 48.0 Å². The Morgan fingerprint density at radius 1 is 1.14 bits per heavy atom. The van der Waals surface area contributed by atoms with Gasteiger partial charge in [-0.1, -0.05) is 49.4 Å². The molecule has 0 bridgehead atoms. The minimum Gasteiger partial charge on any atom is -0.389 e. The van der Waals surface area contributed by atoms with Crippen LogP contribution < -0.4 is 0 Å². The molecule has 3 rings (SSSR count). The Labute approximate surface area is 127 Å². The molecule has 0 amide bonds. The second-order valence-corrected chi connectivity index (χ2v) is 6.81. The SMILES string of the molecule is C[C@@H]1C[C@](O)(Cc2cccc3ccccc23)[C@H](C)CN1C. The molecule has 21 heavy (non-hydrogen) atoms. The third-order valence-electron chi connectivity index (χ3n) is 5.26. The van der Waals surface area contributed by atoms with Gasteiger partial charge in [0.2, 0.25) is 0 Å². The first-order valence-corrected chi connectivity index (χ1v) is 7.89. The van der Waals surface area contributed by atoms with E-state index in [1.54, 1.807) is 0 Å². The summed E-state index contributed by atoms with van der Waals surface area (Å²) in [5.74, 6) is 0.290. The highest BCUT2D eigenvalue weighted by molar-refractivity contribution is 5.85. The van der Waals surface area contributed by atoms with E-state index in [0.717, 1.165) is 19.4 Å². The van der Waals surface area contributed by atoms with E-state index >= 15 is 0 Å². The zero-order valence-corrected chi connectivity index (χ0v) is 13.2. The smallest absolute Gasteiger partial charge is 0.0740 e. The molecule has 2 aromatic carbocycles. The summed E-state index contributed by atoms with van der Waals surface area (Å²) in [5.41, 5.74) is 0.662. The molecule has 1 saturated heterocycles. The summed E-state index contributed by atoms with van der Waals surface area (Å²) in [4.78, 5) is 2.35. The third-order valence-corrected chi connectivity index (χ3v) is 5.26. The lowest BCUT2D eigenvalue weighted by molar-refractivity contribution is -0.0776. The van der Waals surface area contributed by atoms with Crippen molar-refractivity contribution >= 4 is 10.8 Å². The molecule has 2 aromatic rings. The lowest BCUT2D eigenvalue weighted by atomic mass is 9.75. The Morgan fingerprint density at radius 3 is 2.67 bits per heavy atom. The number of fused-ring (bicyclic) bond motifs is 1. The topological polar surface area (TPSA) is 23.5 Å². The van der Waals surface area contributed by atoms with Gasteiger partial charge in [0.1, 0.15) is 0 Å². The van der Waals surface area contributed by atoms with Crippen molar-refractivity contribution in [1.29, 1.82) is 0 Å². The first-order valence-electron chi connectivity index (χ1n) is 7.89. The third kappa shape index (κ3) is 2.70. The zero-order chi connectivity index (χ0) is 15.0. The molecule has 0 aromatic heterocycles. The van der Waals surface area contributed by atoms with Gasteiger partial charge in [-0.25, -0.2) is 0 Å². The fraction of sp³-hybridized carbons (Fsp3) is 0.474. The molecule has 1 aliphatic rings. The average Bonchev–Trinajstić information content (AvgIpc) is 2.46. The molecule has 1 N–H and O–H groups in total. The summed E-state index contributed by atoms with van der Waals surface area (Å²) in [6, 6.07) is 15.3. The highest BCUT2D eigenvalue weighted by Gasteiger charge is 2.41. The van der Waals surface area contributed by atoms with Crippen LogP contribution in [-0.4, -0.2) is 35.2 Å². The van der Waals surface area contributed by atoms with E-state index < -0.39 is 5.60 Å². The van der Waals surface area contributed by atoms with Crippen LogP contribution in [0.3, 0.4) is 0 Å². The van der Waals surface area contributed by atoms with Crippen molar-refractivity contribution in [1.82, 2.24) is 4.90 Å². The number of piperidine rings is 1. The zero-order valence-electron chi connectivity index (χ0n) is 13.2. The molecule has 3 atom stereocenters. The van der Waals surface area contributed by atoms with Crippen LogP contribution in [0.5, 0.6) is 0 Å². The minimum atomic E-state index is -0.601. The van der Waals surface area contributed by atoms with E-state index in [-0.39, 0.29) is 5.92 Å². The maximum Gasteiger partial charge on any atom is 0.0740 e. The molecule has 0 radical (unpaired) electrons. The fourth-order valence-electron chi connectivity index (χ4n) is 3.67. The van der Waals surface area contributed by atoms with Gasteiger partial charge in [0.05, 0.1) is 5.60 Å². The van der Waals surface area contributed by atoms with Crippen molar-refractivity contribution in [3.8, 4) is 0 Å². The molecule has 0 aliphatic carbocycles. The maximum absolute atomic E-state index is 11.2. The molecule has 1 heterocycles. The molecular weight excluding hydrogens is 258 g/mol. The molecule has 0 saturated carbocycles. The molecule has 1 aliphatic heterocycles. The normalized spacial score (nSPS) is 30.7. The van der Waals surface area contributed by atoms with E-state index in [1.807, 2.05) is 0 Å². The Bertz CT molecular complexity index is 633. The number of hydrogen-bond donors (Lipinski definition) is 1. The summed E-state index contributed by atoms with van der Waals surface area (Å²) in [7, 11) is 2.15. The first-order chi connectivity index (χ1) is 9.99. The summed E-state index contributed by atoms with van der Waals surface area (Å²) in [6.07, 6.45) is 1.58. The van der Waals surface area contributed by atoms with Crippen LogP contribution in [0.1, 0.15) is 25.8 Å². The molecule has 112 valence electrons. The first kappa shape index (κ1) is 14.6. The van der Waals surface area contributed by atoms with E-state index in [2.05, 4.69) is 68.3 Å². The van der Waals surface area contributed by atoms with Gasteiger partial charge < -0.3 is 10.0 Å². The van der Waals surface area contributed by atoms with Gasteiger partial charge in [-0.3, -0.25) is 0 Å². The van der Waals surface area contributed by atoms with Crippen LogP contribution in [0.15, 0.2) is 42.5 Å². The molecule has 2 heteroatoms. The predicted octanol–water partition coefficient (Wildman–Crippen LogP) is 3.47.